The highest BCUT2D eigenvalue weighted by Gasteiger charge is 2.14. The Kier molecular flexibility index (Phi) is 3.76. The van der Waals surface area contributed by atoms with Gasteiger partial charge in [-0.3, -0.25) is 4.79 Å². The maximum atomic E-state index is 12.1. The third-order valence-electron chi connectivity index (χ3n) is 2.26. The number of nitrogens with zero attached hydrogens (tertiary/aromatic N) is 1. The minimum atomic E-state index is -0.0423. The Morgan fingerprint density at radius 3 is 3.00 bits per heavy atom. The molecule has 0 fully saturated rings. The van der Waals surface area contributed by atoms with Gasteiger partial charge < -0.3 is 4.74 Å². The SMILES string of the molecule is COc1ccc(Cl)cc1C(=O)Cc1nccs1. The van der Waals surface area contributed by atoms with Gasteiger partial charge in [0.1, 0.15) is 10.8 Å². The van der Waals surface area contributed by atoms with E-state index >= 15 is 0 Å². The summed E-state index contributed by atoms with van der Waals surface area (Å²) >= 11 is 7.34. The highest BCUT2D eigenvalue weighted by Crippen LogP contribution is 2.24. The zero-order chi connectivity index (χ0) is 12.3. The first-order valence-electron chi connectivity index (χ1n) is 4.96. The molecule has 0 saturated carbocycles. The summed E-state index contributed by atoms with van der Waals surface area (Å²) in [6.07, 6.45) is 1.96. The van der Waals surface area contributed by atoms with E-state index in [1.807, 2.05) is 5.38 Å². The predicted molar refractivity (Wildman–Crippen MR) is 68.2 cm³/mol. The van der Waals surface area contributed by atoms with Gasteiger partial charge in [-0.05, 0) is 18.2 Å². The summed E-state index contributed by atoms with van der Waals surface area (Å²) in [5.41, 5.74) is 0.496. The van der Waals surface area contributed by atoms with Crippen molar-refractivity contribution < 1.29 is 9.53 Å². The molecule has 1 aromatic carbocycles. The number of ketones is 1. The molecule has 0 aliphatic carbocycles. The number of rotatable bonds is 4. The molecule has 0 spiro atoms. The van der Waals surface area contributed by atoms with Gasteiger partial charge in [0.2, 0.25) is 0 Å². The van der Waals surface area contributed by atoms with E-state index in [0.717, 1.165) is 5.01 Å². The quantitative estimate of drug-likeness (QED) is 0.799. The Balaban J connectivity index is 2.26. The van der Waals surface area contributed by atoms with Crippen LogP contribution in [0.25, 0.3) is 0 Å². The second kappa shape index (κ2) is 5.29. The van der Waals surface area contributed by atoms with Crippen molar-refractivity contribution in [1.82, 2.24) is 4.98 Å². The van der Waals surface area contributed by atoms with Crippen molar-refractivity contribution in [2.75, 3.05) is 7.11 Å². The number of thiazole rings is 1. The van der Waals surface area contributed by atoms with E-state index in [0.29, 0.717) is 16.3 Å². The largest absolute Gasteiger partial charge is 0.496 e. The Morgan fingerprint density at radius 1 is 1.53 bits per heavy atom. The van der Waals surface area contributed by atoms with Crippen molar-refractivity contribution in [3.8, 4) is 5.75 Å². The van der Waals surface area contributed by atoms with Gasteiger partial charge in [-0.25, -0.2) is 4.98 Å². The average Bonchev–Trinajstić information content (AvgIpc) is 2.81. The lowest BCUT2D eigenvalue weighted by Gasteiger charge is -2.07. The van der Waals surface area contributed by atoms with Crippen LogP contribution in [0.1, 0.15) is 15.4 Å². The van der Waals surface area contributed by atoms with Gasteiger partial charge in [0.15, 0.2) is 5.78 Å². The van der Waals surface area contributed by atoms with E-state index in [9.17, 15) is 4.79 Å². The third kappa shape index (κ3) is 2.84. The molecule has 2 rings (SSSR count). The van der Waals surface area contributed by atoms with Crippen molar-refractivity contribution in [2.24, 2.45) is 0 Å². The maximum Gasteiger partial charge on any atom is 0.173 e. The number of aromatic nitrogens is 1. The summed E-state index contributed by atoms with van der Waals surface area (Å²) in [5, 5.41) is 3.16. The molecule has 17 heavy (non-hydrogen) atoms. The summed E-state index contributed by atoms with van der Waals surface area (Å²) in [7, 11) is 1.53. The van der Waals surface area contributed by atoms with Crippen LogP contribution in [0.4, 0.5) is 0 Å². The fourth-order valence-electron chi connectivity index (χ4n) is 1.47. The van der Waals surface area contributed by atoms with E-state index in [-0.39, 0.29) is 12.2 Å². The van der Waals surface area contributed by atoms with Gasteiger partial charge in [0, 0.05) is 16.6 Å². The minimum absolute atomic E-state index is 0.0423. The average molecular weight is 268 g/mol. The van der Waals surface area contributed by atoms with Crippen LogP contribution in [0.3, 0.4) is 0 Å². The van der Waals surface area contributed by atoms with Crippen molar-refractivity contribution in [3.63, 3.8) is 0 Å². The molecule has 0 unspecified atom stereocenters. The van der Waals surface area contributed by atoms with Crippen LogP contribution < -0.4 is 4.74 Å². The van der Waals surface area contributed by atoms with Crippen LogP contribution in [0, 0.1) is 0 Å². The molecule has 2 aromatic rings. The van der Waals surface area contributed by atoms with E-state index in [1.54, 1.807) is 24.4 Å². The summed E-state index contributed by atoms with van der Waals surface area (Å²) in [5.74, 6) is 0.496. The zero-order valence-electron chi connectivity index (χ0n) is 9.14. The molecule has 0 bridgehead atoms. The molecule has 0 N–H and O–H groups in total. The number of carbonyl (C=O) groups is 1. The fraction of sp³-hybridized carbons (Fsp3) is 0.167. The maximum absolute atomic E-state index is 12.1. The second-order valence-corrected chi connectivity index (χ2v) is 4.79. The van der Waals surface area contributed by atoms with Crippen LogP contribution >= 0.6 is 22.9 Å². The first-order valence-corrected chi connectivity index (χ1v) is 6.21. The fourth-order valence-corrected chi connectivity index (χ4v) is 2.26. The smallest absolute Gasteiger partial charge is 0.173 e. The number of Topliss-reactive ketones (excluding diaryl/α,β-unsaturated/α-hetero) is 1. The lowest BCUT2D eigenvalue weighted by molar-refractivity contribution is 0.0990. The standard InChI is InChI=1S/C12H10ClNO2S/c1-16-11-3-2-8(13)6-9(11)10(15)7-12-14-4-5-17-12/h2-6H,7H2,1H3. The van der Waals surface area contributed by atoms with Gasteiger partial charge in [-0.1, -0.05) is 11.6 Å². The van der Waals surface area contributed by atoms with Gasteiger partial charge in [-0.2, -0.15) is 0 Å². The molecular formula is C12H10ClNO2S. The van der Waals surface area contributed by atoms with E-state index in [4.69, 9.17) is 16.3 Å². The Labute approximate surface area is 108 Å². The summed E-state index contributed by atoms with van der Waals surface area (Å²) in [6, 6.07) is 5.01. The summed E-state index contributed by atoms with van der Waals surface area (Å²) < 4.78 is 5.14. The first-order chi connectivity index (χ1) is 8.20. The number of hydrogen-bond donors (Lipinski definition) is 0. The lowest BCUT2D eigenvalue weighted by Crippen LogP contribution is -2.05. The number of hydrogen-bond acceptors (Lipinski definition) is 4. The van der Waals surface area contributed by atoms with E-state index in [2.05, 4.69) is 4.98 Å². The molecule has 0 radical (unpaired) electrons. The Hall–Kier alpha value is -1.39. The molecule has 0 saturated heterocycles. The number of methoxy groups -OCH3 is 1. The first kappa shape index (κ1) is 12.1. The molecule has 1 aromatic heterocycles. The minimum Gasteiger partial charge on any atom is -0.496 e. The molecule has 0 amide bonds. The van der Waals surface area contributed by atoms with Gasteiger partial charge >= 0.3 is 0 Å². The molecule has 5 heteroatoms. The van der Waals surface area contributed by atoms with E-state index < -0.39 is 0 Å². The molecule has 88 valence electrons. The Bertz CT molecular complexity index is 525. The van der Waals surface area contributed by atoms with Crippen LogP contribution in [-0.2, 0) is 6.42 Å². The van der Waals surface area contributed by atoms with Gasteiger partial charge in [0.05, 0.1) is 19.1 Å². The topological polar surface area (TPSA) is 39.2 Å². The Morgan fingerprint density at radius 2 is 2.35 bits per heavy atom. The normalized spacial score (nSPS) is 10.2. The van der Waals surface area contributed by atoms with Gasteiger partial charge in [0.25, 0.3) is 0 Å². The predicted octanol–water partition coefficient (Wildman–Crippen LogP) is 3.23. The van der Waals surface area contributed by atoms with Crippen LogP contribution in [0.15, 0.2) is 29.8 Å². The number of halogens is 1. The molecule has 1 heterocycles. The second-order valence-electron chi connectivity index (χ2n) is 3.37. The number of ether oxygens (including phenoxy) is 1. The summed E-state index contributed by atoms with van der Waals surface area (Å²) in [6.45, 7) is 0. The molecule has 0 aliphatic rings. The molecular weight excluding hydrogens is 258 g/mol. The van der Waals surface area contributed by atoms with Crippen LogP contribution in [-0.4, -0.2) is 17.9 Å². The van der Waals surface area contributed by atoms with Crippen LogP contribution in [0.2, 0.25) is 5.02 Å². The van der Waals surface area contributed by atoms with Crippen LogP contribution in [0.5, 0.6) is 5.75 Å². The molecule has 3 nitrogen and oxygen atoms in total. The molecule has 0 aliphatic heterocycles. The highest BCUT2D eigenvalue weighted by atomic mass is 35.5. The highest BCUT2D eigenvalue weighted by molar-refractivity contribution is 7.09. The number of carbonyl (C=O) groups excluding carboxylic acids is 1. The number of benzene rings is 1. The van der Waals surface area contributed by atoms with Crippen molar-refractivity contribution in [3.05, 3.63) is 45.4 Å². The van der Waals surface area contributed by atoms with Crippen molar-refractivity contribution in [1.29, 1.82) is 0 Å². The van der Waals surface area contributed by atoms with E-state index in [1.165, 1.54) is 18.4 Å². The monoisotopic (exact) mass is 267 g/mol. The summed E-state index contributed by atoms with van der Waals surface area (Å²) in [4.78, 5) is 16.2. The third-order valence-corrected chi connectivity index (χ3v) is 3.27. The van der Waals surface area contributed by atoms with Gasteiger partial charge in [-0.15, -0.1) is 11.3 Å². The van der Waals surface area contributed by atoms with Crippen molar-refractivity contribution >= 4 is 28.7 Å². The van der Waals surface area contributed by atoms with Crippen molar-refractivity contribution in [2.45, 2.75) is 6.42 Å². The molecule has 0 atom stereocenters. The lowest BCUT2D eigenvalue weighted by atomic mass is 10.1. The zero-order valence-corrected chi connectivity index (χ0v) is 10.7.